The van der Waals surface area contributed by atoms with Crippen LogP contribution in [0.1, 0.15) is 32.3 Å². The van der Waals surface area contributed by atoms with Gasteiger partial charge in [0.05, 0.1) is 11.1 Å². The molecule has 1 heterocycles. The molecule has 0 fully saturated rings. The molecular formula is C16H22N4O2S. The van der Waals surface area contributed by atoms with Crippen molar-refractivity contribution in [3.8, 4) is 0 Å². The first kappa shape index (κ1) is 17.2. The number of unbranched alkanes of at least 4 members (excludes halogenated alkanes) is 1. The highest BCUT2D eigenvalue weighted by molar-refractivity contribution is 7.91. The summed E-state index contributed by atoms with van der Waals surface area (Å²) in [5.74, 6) is 0.301. The van der Waals surface area contributed by atoms with Crippen LogP contribution in [0.15, 0.2) is 40.3 Å². The third-order valence-electron chi connectivity index (χ3n) is 3.53. The number of sulfone groups is 1. The van der Waals surface area contributed by atoms with Crippen molar-refractivity contribution in [2.24, 2.45) is 0 Å². The van der Waals surface area contributed by atoms with Crippen molar-refractivity contribution in [3.05, 3.63) is 36.0 Å². The van der Waals surface area contributed by atoms with Gasteiger partial charge in [0.1, 0.15) is 10.7 Å². The molecule has 0 radical (unpaired) electrons. The molecule has 0 saturated heterocycles. The van der Waals surface area contributed by atoms with Crippen LogP contribution in [0.25, 0.3) is 0 Å². The van der Waals surface area contributed by atoms with Gasteiger partial charge in [-0.25, -0.2) is 13.4 Å². The standard InChI is InChI=1S/C16H22N4O2S/c1-3-5-10-18-16-19-11-14(15(17)20-16)23(21,22)13-8-6-12(4-2)7-9-13/h6-9,11H,3-5,10H2,1-2H3,(H3,17,18,19,20). The van der Waals surface area contributed by atoms with Gasteiger partial charge in [-0.2, -0.15) is 4.98 Å². The van der Waals surface area contributed by atoms with E-state index in [4.69, 9.17) is 5.73 Å². The first-order valence-electron chi connectivity index (χ1n) is 7.69. The minimum absolute atomic E-state index is 0.0430. The van der Waals surface area contributed by atoms with E-state index in [-0.39, 0.29) is 15.6 Å². The van der Waals surface area contributed by atoms with Crippen LogP contribution in [0.4, 0.5) is 11.8 Å². The lowest BCUT2D eigenvalue weighted by atomic mass is 10.2. The van der Waals surface area contributed by atoms with E-state index in [0.29, 0.717) is 5.95 Å². The molecule has 0 aliphatic carbocycles. The van der Waals surface area contributed by atoms with Gasteiger partial charge in [-0.1, -0.05) is 32.4 Å². The Kier molecular flexibility index (Phi) is 5.54. The molecule has 0 aliphatic heterocycles. The summed E-state index contributed by atoms with van der Waals surface area (Å²) in [6.45, 7) is 4.82. The first-order valence-corrected chi connectivity index (χ1v) is 9.17. The van der Waals surface area contributed by atoms with Crippen molar-refractivity contribution >= 4 is 21.6 Å². The van der Waals surface area contributed by atoms with Crippen molar-refractivity contribution in [2.45, 2.75) is 42.9 Å². The van der Waals surface area contributed by atoms with Crippen LogP contribution in [-0.4, -0.2) is 24.9 Å². The number of hydrogen-bond donors (Lipinski definition) is 2. The van der Waals surface area contributed by atoms with Crippen LogP contribution in [0.5, 0.6) is 0 Å². The number of nitrogens with two attached hydrogens (primary N) is 1. The average Bonchev–Trinajstić information content (AvgIpc) is 2.55. The fraction of sp³-hybridized carbons (Fsp3) is 0.375. The maximum Gasteiger partial charge on any atom is 0.224 e. The van der Waals surface area contributed by atoms with E-state index >= 15 is 0 Å². The van der Waals surface area contributed by atoms with E-state index in [1.165, 1.54) is 6.20 Å². The Labute approximate surface area is 137 Å². The quantitative estimate of drug-likeness (QED) is 0.755. The predicted octanol–water partition coefficient (Wildman–Crippen LogP) is 2.67. The van der Waals surface area contributed by atoms with Gasteiger partial charge in [0.15, 0.2) is 0 Å². The second-order valence-corrected chi connectivity index (χ2v) is 7.14. The fourth-order valence-corrected chi connectivity index (χ4v) is 3.35. The number of aromatic nitrogens is 2. The first-order chi connectivity index (χ1) is 11.0. The van der Waals surface area contributed by atoms with Gasteiger partial charge in [0, 0.05) is 6.54 Å². The third kappa shape index (κ3) is 3.98. The highest BCUT2D eigenvalue weighted by Gasteiger charge is 2.22. The molecular weight excluding hydrogens is 312 g/mol. The van der Waals surface area contributed by atoms with Crippen molar-refractivity contribution < 1.29 is 8.42 Å². The summed E-state index contributed by atoms with van der Waals surface area (Å²) in [5, 5.41) is 3.02. The average molecular weight is 334 g/mol. The summed E-state index contributed by atoms with van der Waals surface area (Å²) in [6, 6.07) is 6.76. The van der Waals surface area contributed by atoms with Crippen LogP contribution >= 0.6 is 0 Å². The number of rotatable bonds is 7. The van der Waals surface area contributed by atoms with E-state index in [2.05, 4.69) is 22.2 Å². The van der Waals surface area contributed by atoms with Gasteiger partial charge in [0.2, 0.25) is 15.8 Å². The number of benzene rings is 1. The van der Waals surface area contributed by atoms with Crippen molar-refractivity contribution in [1.82, 2.24) is 9.97 Å². The second kappa shape index (κ2) is 7.41. The molecule has 0 atom stereocenters. The smallest absolute Gasteiger partial charge is 0.224 e. The largest absolute Gasteiger partial charge is 0.382 e. The van der Waals surface area contributed by atoms with Crippen molar-refractivity contribution in [3.63, 3.8) is 0 Å². The molecule has 0 saturated carbocycles. The fourth-order valence-electron chi connectivity index (χ4n) is 2.08. The van der Waals surface area contributed by atoms with Crippen LogP contribution in [-0.2, 0) is 16.3 Å². The Bertz CT molecular complexity index is 758. The molecule has 0 aliphatic rings. The number of nitrogens with zero attached hydrogens (tertiary/aromatic N) is 2. The summed E-state index contributed by atoms with van der Waals surface area (Å²) in [7, 11) is -3.71. The molecule has 0 bridgehead atoms. The van der Waals surface area contributed by atoms with Crippen molar-refractivity contribution in [2.75, 3.05) is 17.6 Å². The predicted molar refractivity (Wildman–Crippen MR) is 91.1 cm³/mol. The summed E-state index contributed by atoms with van der Waals surface area (Å²) >= 11 is 0. The number of hydrogen-bond acceptors (Lipinski definition) is 6. The topological polar surface area (TPSA) is 98.0 Å². The van der Waals surface area contributed by atoms with E-state index in [1.807, 2.05) is 6.92 Å². The summed E-state index contributed by atoms with van der Waals surface area (Å²) in [6.07, 6.45) is 4.14. The summed E-state index contributed by atoms with van der Waals surface area (Å²) in [5.41, 5.74) is 6.91. The Balaban J connectivity index is 2.28. The number of anilines is 2. The monoisotopic (exact) mass is 334 g/mol. The van der Waals surface area contributed by atoms with E-state index in [9.17, 15) is 8.42 Å². The lowest BCUT2D eigenvalue weighted by molar-refractivity contribution is 0.595. The molecule has 6 nitrogen and oxygen atoms in total. The molecule has 124 valence electrons. The van der Waals surface area contributed by atoms with Crippen LogP contribution in [0, 0.1) is 0 Å². The number of nitrogen functional groups attached to an aromatic ring is 1. The molecule has 0 unspecified atom stereocenters. The molecule has 23 heavy (non-hydrogen) atoms. The third-order valence-corrected chi connectivity index (χ3v) is 5.31. The molecule has 2 aromatic rings. The van der Waals surface area contributed by atoms with E-state index in [1.54, 1.807) is 24.3 Å². The zero-order valence-corrected chi connectivity index (χ0v) is 14.2. The normalized spacial score (nSPS) is 11.4. The lowest BCUT2D eigenvalue weighted by Crippen LogP contribution is -2.11. The Morgan fingerprint density at radius 3 is 2.43 bits per heavy atom. The van der Waals surface area contributed by atoms with Crippen LogP contribution < -0.4 is 11.1 Å². The van der Waals surface area contributed by atoms with Gasteiger partial charge in [-0.15, -0.1) is 0 Å². The minimum Gasteiger partial charge on any atom is -0.382 e. The molecule has 2 rings (SSSR count). The van der Waals surface area contributed by atoms with Gasteiger partial charge in [-0.3, -0.25) is 0 Å². The van der Waals surface area contributed by atoms with Gasteiger partial charge >= 0.3 is 0 Å². The maximum atomic E-state index is 12.6. The van der Waals surface area contributed by atoms with E-state index < -0.39 is 9.84 Å². The van der Waals surface area contributed by atoms with Gasteiger partial charge in [-0.05, 0) is 30.5 Å². The Morgan fingerprint density at radius 2 is 1.87 bits per heavy atom. The maximum absolute atomic E-state index is 12.6. The molecule has 7 heteroatoms. The van der Waals surface area contributed by atoms with Crippen LogP contribution in [0.2, 0.25) is 0 Å². The van der Waals surface area contributed by atoms with Crippen molar-refractivity contribution in [1.29, 1.82) is 0 Å². The Hall–Kier alpha value is -2.15. The van der Waals surface area contributed by atoms with Gasteiger partial charge < -0.3 is 11.1 Å². The second-order valence-electron chi connectivity index (χ2n) is 5.22. The Morgan fingerprint density at radius 1 is 1.17 bits per heavy atom. The lowest BCUT2D eigenvalue weighted by Gasteiger charge is -2.09. The number of aryl methyl sites for hydroxylation is 1. The molecule has 0 spiro atoms. The number of nitrogens with one attached hydrogen (secondary N) is 1. The molecule has 3 N–H and O–H groups in total. The summed E-state index contributed by atoms with van der Waals surface area (Å²) in [4.78, 5) is 8.23. The zero-order valence-electron chi connectivity index (χ0n) is 13.4. The minimum atomic E-state index is -3.71. The summed E-state index contributed by atoms with van der Waals surface area (Å²) < 4.78 is 25.3. The molecule has 1 aromatic carbocycles. The SMILES string of the molecule is CCCCNc1ncc(S(=O)(=O)c2ccc(CC)cc2)c(N)n1. The highest BCUT2D eigenvalue weighted by Crippen LogP contribution is 2.25. The van der Waals surface area contributed by atoms with E-state index in [0.717, 1.165) is 31.4 Å². The molecule has 1 aromatic heterocycles. The van der Waals surface area contributed by atoms with Crippen LogP contribution in [0.3, 0.4) is 0 Å². The molecule has 0 amide bonds. The highest BCUT2D eigenvalue weighted by atomic mass is 32.2. The van der Waals surface area contributed by atoms with Gasteiger partial charge in [0.25, 0.3) is 0 Å². The zero-order chi connectivity index (χ0) is 16.9.